The van der Waals surface area contributed by atoms with Gasteiger partial charge in [-0.15, -0.1) is 0 Å². The molecule has 172 valence electrons. The number of hydrogen-bond acceptors (Lipinski definition) is 6. The van der Waals surface area contributed by atoms with Crippen LogP contribution in [0.3, 0.4) is 0 Å². The van der Waals surface area contributed by atoms with Crippen molar-refractivity contribution < 1.29 is 27.5 Å². The number of esters is 1. The molecule has 32 heavy (non-hydrogen) atoms. The molecule has 1 atom stereocenters. The van der Waals surface area contributed by atoms with Gasteiger partial charge in [0.2, 0.25) is 10.0 Å². The van der Waals surface area contributed by atoms with E-state index in [4.69, 9.17) is 21.1 Å². The van der Waals surface area contributed by atoms with Crippen LogP contribution in [0, 0.1) is 0 Å². The van der Waals surface area contributed by atoms with E-state index < -0.39 is 34.0 Å². The van der Waals surface area contributed by atoms with Crippen molar-refractivity contribution in [3.05, 3.63) is 58.6 Å². The monoisotopic (exact) mass is 480 g/mol. The van der Waals surface area contributed by atoms with E-state index in [1.165, 1.54) is 12.1 Å². The van der Waals surface area contributed by atoms with Gasteiger partial charge in [-0.25, -0.2) is 17.9 Å². The predicted octanol–water partition coefficient (Wildman–Crippen LogP) is 3.21. The van der Waals surface area contributed by atoms with Gasteiger partial charge < -0.3 is 14.8 Å². The molecule has 2 aromatic rings. The lowest BCUT2D eigenvalue weighted by Gasteiger charge is -2.26. The summed E-state index contributed by atoms with van der Waals surface area (Å²) in [6.45, 7) is 5.01. The second kappa shape index (κ2) is 9.48. The lowest BCUT2D eigenvalue weighted by atomic mass is 10.0. The lowest BCUT2D eigenvalue weighted by molar-refractivity contribution is -0.125. The number of halogens is 1. The van der Waals surface area contributed by atoms with E-state index in [-0.39, 0.29) is 21.5 Å². The second-order valence-corrected chi connectivity index (χ2v) is 10.4. The Bertz CT molecular complexity index is 1130. The van der Waals surface area contributed by atoms with Gasteiger partial charge in [-0.3, -0.25) is 4.79 Å². The van der Waals surface area contributed by atoms with E-state index in [1.807, 2.05) is 24.3 Å². The Morgan fingerprint density at radius 1 is 1.19 bits per heavy atom. The van der Waals surface area contributed by atoms with Crippen LogP contribution in [0.15, 0.2) is 47.4 Å². The fourth-order valence-corrected chi connectivity index (χ4v) is 5.18. The zero-order valence-electron chi connectivity index (χ0n) is 18.0. The molecule has 0 saturated heterocycles. The van der Waals surface area contributed by atoms with Crippen LogP contribution < -0.4 is 14.8 Å². The molecule has 0 fully saturated rings. The minimum atomic E-state index is -3.96. The summed E-state index contributed by atoms with van der Waals surface area (Å²) in [4.78, 5) is 24.5. The van der Waals surface area contributed by atoms with Gasteiger partial charge in [-0.05, 0) is 45.0 Å². The third-order valence-corrected chi connectivity index (χ3v) is 6.76. The van der Waals surface area contributed by atoms with Crippen LogP contribution in [0.5, 0.6) is 5.75 Å². The summed E-state index contributed by atoms with van der Waals surface area (Å²) in [6.07, 6.45) is 0.593. The van der Waals surface area contributed by atoms with E-state index in [9.17, 15) is 18.0 Å². The van der Waals surface area contributed by atoms with E-state index in [2.05, 4.69) is 10.0 Å². The molecule has 1 aliphatic rings. The van der Waals surface area contributed by atoms with Crippen LogP contribution in [0.2, 0.25) is 5.02 Å². The minimum absolute atomic E-state index is 0.0331. The van der Waals surface area contributed by atoms with Crippen molar-refractivity contribution in [2.24, 2.45) is 0 Å². The number of carbonyl (C=O) groups is 2. The van der Waals surface area contributed by atoms with E-state index in [0.717, 1.165) is 11.6 Å². The van der Waals surface area contributed by atoms with Gasteiger partial charge >= 0.3 is 5.97 Å². The summed E-state index contributed by atoms with van der Waals surface area (Å²) < 4.78 is 38.4. The molecule has 10 heteroatoms. The number of nitrogens with one attached hydrogen (secondary N) is 2. The van der Waals surface area contributed by atoms with Crippen molar-refractivity contribution in [1.29, 1.82) is 0 Å². The molecule has 0 aromatic heterocycles. The van der Waals surface area contributed by atoms with Crippen molar-refractivity contribution in [2.45, 2.75) is 43.7 Å². The van der Waals surface area contributed by atoms with E-state index in [1.54, 1.807) is 20.8 Å². The molecular formula is C22H25ClN2O6S. The molecule has 1 amide bonds. The molecule has 2 aromatic carbocycles. The maximum Gasteiger partial charge on any atom is 0.338 e. The van der Waals surface area contributed by atoms with Crippen LogP contribution in [0.1, 0.15) is 49.2 Å². The van der Waals surface area contributed by atoms with Crippen molar-refractivity contribution in [3.63, 3.8) is 0 Å². The van der Waals surface area contributed by atoms with Gasteiger partial charge in [0.1, 0.15) is 10.6 Å². The average molecular weight is 481 g/mol. The average Bonchev–Trinajstić information content (AvgIpc) is 2.71. The quantitative estimate of drug-likeness (QED) is 0.614. The fraction of sp³-hybridized carbons (Fsp3) is 0.364. The number of ether oxygens (including phenoxy) is 2. The second-order valence-electron chi connectivity index (χ2n) is 8.37. The highest BCUT2D eigenvalue weighted by Gasteiger charge is 2.26. The van der Waals surface area contributed by atoms with E-state index >= 15 is 0 Å². The van der Waals surface area contributed by atoms with Gasteiger partial charge in [0.05, 0.1) is 23.2 Å². The zero-order chi connectivity index (χ0) is 23.5. The van der Waals surface area contributed by atoms with Gasteiger partial charge in [0, 0.05) is 17.5 Å². The molecule has 0 spiro atoms. The van der Waals surface area contributed by atoms with Crippen LogP contribution >= 0.6 is 11.6 Å². The first-order valence-electron chi connectivity index (χ1n) is 9.98. The first-order valence-corrected chi connectivity index (χ1v) is 11.8. The smallest absolute Gasteiger partial charge is 0.338 e. The lowest BCUT2D eigenvalue weighted by Crippen LogP contribution is -2.40. The van der Waals surface area contributed by atoms with Crippen molar-refractivity contribution >= 4 is 33.5 Å². The first kappa shape index (κ1) is 24.0. The molecule has 0 radical (unpaired) electrons. The number of carbonyl (C=O) groups excluding carboxylic acids is 2. The fourth-order valence-electron chi connectivity index (χ4n) is 3.24. The van der Waals surface area contributed by atoms with Crippen LogP contribution in [-0.2, 0) is 19.6 Å². The SMILES string of the molecule is CC(C)(C)NS(=O)(=O)c1cc(C(=O)OCC(=O)NC2CCOc3ccccc32)ccc1Cl. The number of sulfonamides is 1. The number of rotatable bonds is 6. The minimum Gasteiger partial charge on any atom is -0.493 e. The molecule has 1 unspecified atom stereocenters. The van der Waals surface area contributed by atoms with E-state index in [0.29, 0.717) is 18.8 Å². The summed E-state index contributed by atoms with van der Waals surface area (Å²) in [5.41, 5.74) is 0.0877. The highest BCUT2D eigenvalue weighted by molar-refractivity contribution is 7.89. The summed E-state index contributed by atoms with van der Waals surface area (Å²) in [5.74, 6) is -0.604. The van der Waals surface area contributed by atoms with Crippen LogP contribution in [0.4, 0.5) is 0 Å². The Balaban J connectivity index is 1.65. The van der Waals surface area contributed by atoms with Crippen LogP contribution in [-0.4, -0.2) is 39.0 Å². The number of benzene rings is 2. The molecule has 0 bridgehead atoms. The van der Waals surface area contributed by atoms with Gasteiger partial charge in [-0.1, -0.05) is 29.8 Å². The molecule has 2 N–H and O–H groups in total. The Morgan fingerprint density at radius 2 is 1.91 bits per heavy atom. The number of para-hydroxylation sites is 1. The highest BCUT2D eigenvalue weighted by Crippen LogP contribution is 2.31. The van der Waals surface area contributed by atoms with Gasteiger partial charge in [0.15, 0.2) is 6.61 Å². The molecule has 8 nitrogen and oxygen atoms in total. The summed E-state index contributed by atoms with van der Waals surface area (Å²) in [5, 5.41) is 2.80. The van der Waals surface area contributed by atoms with Crippen molar-refractivity contribution in [3.8, 4) is 5.75 Å². The molecular weight excluding hydrogens is 456 g/mol. The normalized spacial score (nSPS) is 15.9. The summed E-state index contributed by atoms with van der Waals surface area (Å²) >= 11 is 6.05. The number of fused-ring (bicyclic) bond motifs is 1. The van der Waals surface area contributed by atoms with Crippen LogP contribution in [0.25, 0.3) is 0 Å². The van der Waals surface area contributed by atoms with Crippen molar-refractivity contribution in [1.82, 2.24) is 10.0 Å². The largest absolute Gasteiger partial charge is 0.493 e. The maximum atomic E-state index is 12.6. The topological polar surface area (TPSA) is 111 Å². The molecule has 1 aliphatic heterocycles. The third kappa shape index (κ3) is 5.99. The number of hydrogen-bond donors (Lipinski definition) is 2. The Hall–Kier alpha value is -2.62. The summed E-state index contributed by atoms with van der Waals surface area (Å²) in [7, 11) is -3.96. The molecule has 0 saturated carbocycles. The highest BCUT2D eigenvalue weighted by atomic mass is 35.5. The molecule has 1 heterocycles. The standard InChI is InChI=1S/C22H25ClN2O6S/c1-22(2,3)25-32(28,29)19-12-14(8-9-16(19)23)21(27)31-13-20(26)24-17-10-11-30-18-7-5-4-6-15(17)18/h4-9,12,17,25H,10-11,13H2,1-3H3,(H,24,26). The third-order valence-electron chi connectivity index (χ3n) is 4.53. The number of amides is 1. The van der Waals surface area contributed by atoms with Gasteiger partial charge in [-0.2, -0.15) is 0 Å². The Kier molecular flexibility index (Phi) is 7.12. The van der Waals surface area contributed by atoms with Gasteiger partial charge in [0.25, 0.3) is 5.91 Å². The first-order chi connectivity index (χ1) is 15.0. The zero-order valence-corrected chi connectivity index (χ0v) is 19.5. The van der Waals surface area contributed by atoms with Crippen molar-refractivity contribution in [2.75, 3.05) is 13.2 Å². The molecule has 0 aliphatic carbocycles. The maximum absolute atomic E-state index is 12.6. The Labute approximate surface area is 192 Å². The summed E-state index contributed by atoms with van der Waals surface area (Å²) in [6, 6.07) is 10.9. The predicted molar refractivity (Wildman–Crippen MR) is 119 cm³/mol. The Morgan fingerprint density at radius 3 is 2.62 bits per heavy atom. The molecule has 3 rings (SSSR count).